The molecule has 0 aromatic rings. The summed E-state index contributed by atoms with van der Waals surface area (Å²) < 4.78 is 21.1. The van der Waals surface area contributed by atoms with Gasteiger partial charge in [-0.15, -0.1) is 0 Å². The molecule has 0 heterocycles. The third kappa shape index (κ3) is 5.88. The lowest BCUT2D eigenvalue weighted by Gasteiger charge is -2.20. The molecule has 0 aliphatic carbocycles. The predicted octanol–water partition coefficient (Wildman–Crippen LogP) is 1.54. The quantitative estimate of drug-likeness (QED) is 0.481. The number of rotatable bonds is 8. The first-order chi connectivity index (χ1) is 7.28. The van der Waals surface area contributed by atoms with E-state index in [1.165, 1.54) is 14.2 Å². The molecule has 0 unspecified atom stereocenters. The maximum absolute atomic E-state index is 11.7. The SMILES string of the molecule is CBC(C)(C)CBC(=O)CP(=O)(OC)OC. The van der Waals surface area contributed by atoms with E-state index >= 15 is 0 Å². The summed E-state index contributed by atoms with van der Waals surface area (Å²) in [6.45, 7) is 6.33. The van der Waals surface area contributed by atoms with Gasteiger partial charge in [0.05, 0.1) is 11.8 Å². The van der Waals surface area contributed by atoms with Gasteiger partial charge in [0.25, 0.3) is 0 Å². The first-order valence-corrected chi connectivity index (χ1v) is 7.23. The Balaban J connectivity index is 4.15. The van der Waals surface area contributed by atoms with Crippen LogP contribution in [0.3, 0.4) is 0 Å². The molecule has 0 bridgehead atoms. The zero-order valence-electron chi connectivity index (χ0n) is 10.9. The number of hydrogen-bond acceptors (Lipinski definition) is 4. The number of carbonyl (C=O) groups is 1. The van der Waals surface area contributed by atoms with Gasteiger partial charge < -0.3 is 13.8 Å². The molecule has 0 aliphatic heterocycles. The third-order valence-corrected chi connectivity index (χ3v) is 4.82. The van der Waals surface area contributed by atoms with Gasteiger partial charge in [0.15, 0.2) is 0 Å². The van der Waals surface area contributed by atoms with E-state index in [0.717, 1.165) is 13.6 Å². The predicted molar refractivity (Wildman–Crippen MR) is 70.5 cm³/mol. The lowest BCUT2D eigenvalue weighted by molar-refractivity contribution is -0.110. The van der Waals surface area contributed by atoms with Crippen LogP contribution in [0.4, 0.5) is 0 Å². The highest BCUT2D eigenvalue weighted by atomic mass is 31.2. The Morgan fingerprint density at radius 3 is 2.19 bits per heavy atom. The van der Waals surface area contributed by atoms with Crippen LogP contribution in [-0.4, -0.2) is 40.6 Å². The minimum absolute atomic E-state index is 0.0615. The van der Waals surface area contributed by atoms with Crippen LogP contribution in [0.25, 0.3) is 0 Å². The number of carbonyl (C=O) groups excluding carboxylic acids is 1. The molecule has 0 amide bonds. The van der Waals surface area contributed by atoms with Crippen molar-refractivity contribution in [3.05, 3.63) is 0 Å². The summed E-state index contributed by atoms with van der Waals surface area (Å²) in [5.74, 6) is 0. The molecule has 0 N–H and O–H groups in total. The lowest BCUT2D eigenvalue weighted by atomic mass is 9.46. The summed E-state index contributed by atoms with van der Waals surface area (Å²) in [5.41, 5.74) is -0.0615. The summed E-state index contributed by atoms with van der Waals surface area (Å²) in [4.78, 5) is 11.6. The summed E-state index contributed by atoms with van der Waals surface area (Å²) in [5, 5.41) is 0.153. The molecule has 0 saturated carbocycles. The Kier molecular flexibility index (Phi) is 6.61. The van der Waals surface area contributed by atoms with Gasteiger partial charge in [-0.25, -0.2) is 0 Å². The first-order valence-electron chi connectivity index (χ1n) is 5.51. The van der Waals surface area contributed by atoms with Crippen molar-refractivity contribution in [2.75, 3.05) is 20.4 Å². The van der Waals surface area contributed by atoms with Gasteiger partial charge in [-0.2, -0.15) is 0 Å². The topological polar surface area (TPSA) is 52.6 Å². The minimum atomic E-state index is -3.18. The Morgan fingerprint density at radius 1 is 1.31 bits per heavy atom. The average Bonchev–Trinajstić information content (AvgIpc) is 2.26. The summed E-state index contributed by atoms with van der Waals surface area (Å²) in [6.07, 6.45) is 0.676. The average molecular weight is 246 g/mol. The summed E-state index contributed by atoms with van der Waals surface area (Å²) in [6, 6.07) is 0. The molecule has 92 valence electrons. The Bertz CT molecular complexity index is 273. The molecule has 4 nitrogen and oxygen atoms in total. The smallest absolute Gasteiger partial charge is 0.312 e. The molecule has 0 atom stereocenters. The van der Waals surface area contributed by atoms with Gasteiger partial charge in [0, 0.05) is 14.2 Å². The normalized spacial score (nSPS) is 12.3. The van der Waals surface area contributed by atoms with Crippen LogP contribution >= 0.6 is 7.60 Å². The van der Waals surface area contributed by atoms with E-state index in [-0.39, 0.29) is 17.2 Å². The van der Waals surface area contributed by atoms with Gasteiger partial charge in [0.1, 0.15) is 7.28 Å². The van der Waals surface area contributed by atoms with Crippen molar-refractivity contribution in [3.63, 3.8) is 0 Å². The van der Waals surface area contributed by atoms with Crippen molar-refractivity contribution in [3.8, 4) is 0 Å². The zero-order valence-corrected chi connectivity index (χ0v) is 11.8. The molecule has 0 radical (unpaired) electrons. The van der Waals surface area contributed by atoms with E-state index in [1.807, 2.05) is 0 Å². The molecule has 0 rings (SSSR count). The van der Waals surface area contributed by atoms with E-state index in [0.29, 0.717) is 7.28 Å². The van der Waals surface area contributed by atoms with Gasteiger partial charge in [-0.05, 0) is 0 Å². The fourth-order valence-electron chi connectivity index (χ4n) is 1.15. The molecule has 7 heteroatoms. The highest BCUT2D eigenvalue weighted by molar-refractivity contribution is 7.55. The maximum atomic E-state index is 11.7. The second kappa shape index (κ2) is 6.63. The van der Waals surface area contributed by atoms with Crippen LogP contribution in [0.1, 0.15) is 13.8 Å². The largest absolute Gasteiger partial charge is 0.336 e. The molecular formula is C9H21B2O4P. The van der Waals surface area contributed by atoms with Crippen LogP contribution in [0.5, 0.6) is 0 Å². The first kappa shape index (κ1) is 15.9. The lowest BCUT2D eigenvalue weighted by Crippen LogP contribution is -2.21. The Labute approximate surface area is 99.5 Å². The van der Waals surface area contributed by atoms with Crippen LogP contribution < -0.4 is 0 Å². The van der Waals surface area contributed by atoms with Gasteiger partial charge in [0.2, 0.25) is 7.28 Å². The van der Waals surface area contributed by atoms with Crippen molar-refractivity contribution in [1.82, 2.24) is 0 Å². The second-order valence-electron chi connectivity index (χ2n) is 4.69. The van der Waals surface area contributed by atoms with Crippen molar-refractivity contribution < 1.29 is 18.4 Å². The molecule has 0 fully saturated rings. The molecule has 0 aromatic heterocycles. The van der Waals surface area contributed by atoms with Crippen molar-refractivity contribution >= 4 is 27.8 Å². The Hall–Kier alpha value is -0.0501. The van der Waals surface area contributed by atoms with E-state index in [2.05, 4.69) is 20.7 Å². The van der Waals surface area contributed by atoms with Crippen LogP contribution in [0, 0.1) is 0 Å². The number of hydrogen-bond donors (Lipinski definition) is 0. The van der Waals surface area contributed by atoms with E-state index < -0.39 is 7.60 Å². The van der Waals surface area contributed by atoms with Crippen molar-refractivity contribution in [1.29, 1.82) is 0 Å². The molecule has 0 spiro atoms. The fourth-order valence-corrected chi connectivity index (χ4v) is 2.15. The summed E-state index contributed by atoms with van der Waals surface area (Å²) in [7, 11) is 0.869. The van der Waals surface area contributed by atoms with Gasteiger partial charge >= 0.3 is 7.60 Å². The monoisotopic (exact) mass is 246 g/mol. The maximum Gasteiger partial charge on any atom is 0.336 e. The third-order valence-electron chi connectivity index (χ3n) is 2.96. The van der Waals surface area contributed by atoms with E-state index in [4.69, 9.17) is 9.05 Å². The molecule has 16 heavy (non-hydrogen) atoms. The molecular weight excluding hydrogens is 225 g/mol. The molecule has 0 aromatic carbocycles. The van der Waals surface area contributed by atoms with Crippen LogP contribution in [0.15, 0.2) is 0 Å². The van der Waals surface area contributed by atoms with E-state index in [1.54, 1.807) is 0 Å². The van der Waals surface area contributed by atoms with Crippen molar-refractivity contribution in [2.24, 2.45) is 0 Å². The molecule has 0 saturated heterocycles. The van der Waals surface area contributed by atoms with Crippen LogP contribution in [0.2, 0.25) is 18.5 Å². The van der Waals surface area contributed by atoms with Crippen LogP contribution in [-0.2, 0) is 18.4 Å². The molecule has 0 aliphatic rings. The second-order valence-corrected chi connectivity index (χ2v) is 6.96. The summed E-state index contributed by atoms with van der Waals surface area (Å²) >= 11 is 0. The highest BCUT2D eigenvalue weighted by Gasteiger charge is 2.27. The fraction of sp³-hybridized carbons (Fsp3) is 0.889. The van der Waals surface area contributed by atoms with Crippen molar-refractivity contribution in [2.45, 2.75) is 32.3 Å². The van der Waals surface area contributed by atoms with Gasteiger partial charge in [-0.3, -0.25) is 4.57 Å². The Morgan fingerprint density at radius 2 is 1.81 bits per heavy atom. The highest BCUT2D eigenvalue weighted by Crippen LogP contribution is 2.46. The standard InChI is InChI=1S/C9H21B2O4P/c1-9(2,10-3)7-11-8(12)6-16(13,14-4)15-5/h10-11H,6-7H2,1-5H3. The zero-order chi connectivity index (χ0) is 12.8. The van der Waals surface area contributed by atoms with Gasteiger partial charge in [-0.1, -0.05) is 32.3 Å². The van der Waals surface area contributed by atoms with E-state index in [9.17, 15) is 9.36 Å². The minimum Gasteiger partial charge on any atom is -0.312 e.